The Morgan fingerprint density at radius 3 is 3.05 bits per heavy atom. The summed E-state index contributed by atoms with van der Waals surface area (Å²) in [5.74, 6) is 2.66. The molecule has 1 saturated heterocycles. The van der Waals surface area contributed by atoms with Crippen molar-refractivity contribution in [3.8, 4) is 0 Å². The quantitative estimate of drug-likeness (QED) is 0.850. The van der Waals surface area contributed by atoms with Gasteiger partial charge in [0, 0.05) is 26.1 Å². The highest BCUT2D eigenvalue weighted by Crippen LogP contribution is 2.37. The van der Waals surface area contributed by atoms with E-state index in [0.717, 1.165) is 43.3 Å². The van der Waals surface area contributed by atoms with E-state index >= 15 is 0 Å². The maximum absolute atomic E-state index is 13.3. The van der Waals surface area contributed by atoms with Crippen molar-refractivity contribution < 1.29 is 4.39 Å². The Kier molecular flexibility index (Phi) is 3.03. The Bertz CT molecular complexity index is 666. The lowest BCUT2D eigenvalue weighted by Crippen LogP contribution is -2.26. The molecule has 0 N–H and O–H groups in total. The van der Waals surface area contributed by atoms with Gasteiger partial charge in [0.1, 0.15) is 17.5 Å². The molecule has 2 aromatic rings. The van der Waals surface area contributed by atoms with Crippen LogP contribution < -0.4 is 0 Å². The molecule has 4 nitrogen and oxygen atoms in total. The van der Waals surface area contributed by atoms with Crippen LogP contribution in [0.25, 0.3) is 0 Å². The summed E-state index contributed by atoms with van der Waals surface area (Å²) >= 11 is 0. The van der Waals surface area contributed by atoms with Crippen molar-refractivity contribution >= 4 is 0 Å². The summed E-state index contributed by atoms with van der Waals surface area (Å²) in [6, 6.07) is 7.41. The number of halogens is 1. The third-order valence-electron chi connectivity index (χ3n) is 4.78. The number of hydrogen-bond acceptors (Lipinski definition) is 3. The lowest BCUT2D eigenvalue weighted by Gasteiger charge is -2.27. The molecule has 0 unspecified atom stereocenters. The van der Waals surface area contributed by atoms with Crippen LogP contribution in [-0.4, -0.2) is 32.8 Å². The Hall–Kier alpha value is -1.75. The van der Waals surface area contributed by atoms with Gasteiger partial charge in [-0.3, -0.25) is 4.90 Å². The zero-order valence-electron chi connectivity index (χ0n) is 12.2. The molecule has 0 saturated carbocycles. The molecule has 0 aliphatic carbocycles. The van der Waals surface area contributed by atoms with Crippen LogP contribution in [-0.2, 0) is 13.0 Å². The predicted molar refractivity (Wildman–Crippen MR) is 77.3 cm³/mol. The van der Waals surface area contributed by atoms with Gasteiger partial charge < -0.3 is 4.57 Å². The summed E-state index contributed by atoms with van der Waals surface area (Å²) in [4.78, 5) is 2.43. The van der Waals surface area contributed by atoms with Gasteiger partial charge >= 0.3 is 0 Å². The van der Waals surface area contributed by atoms with E-state index in [1.165, 1.54) is 12.5 Å². The normalized spacial score (nSPS) is 24.9. The molecule has 21 heavy (non-hydrogen) atoms. The van der Waals surface area contributed by atoms with Gasteiger partial charge in [0.2, 0.25) is 0 Å². The molecule has 2 atom stereocenters. The first-order chi connectivity index (χ1) is 10.2. The molecule has 2 aliphatic rings. The zero-order valence-corrected chi connectivity index (χ0v) is 12.2. The SMILES string of the molecule is Cc1nnc2n1[C@H]1CN(Cc3cccc(F)c3)C[C@H]1CC2. The van der Waals surface area contributed by atoms with Gasteiger partial charge in [0.05, 0.1) is 6.04 Å². The van der Waals surface area contributed by atoms with Gasteiger partial charge in [-0.05, 0) is 37.0 Å². The number of nitrogens with zero attached hydrogens (tertiary/aromatic N) is 4. The Labute approximate surface area is 123 Å². The van der Waals surface area contributed by atoms with E-state index in [9.17, 15) is 4.39 Å². The van der Waals surface area contributed by atoms with Crippen LogP contribution in [0.15, 0.2) is 24.3 Å². The Morgan fingerprint density at radius 2 is 2.19 bits per heavy atom. The zero-order chi connectivity index (χ0) is 14.4. The van der Waals surface area contributed by atoms with E-state index in [1.807, 2.05) is 13.0 Å². The van der Waals surface area contributed by atoms with Crippen LogP contribution in [0.1, 0.15) is 29.7 Å². The van der Waals surface area contributed by atoms with Crippen molar-refractivity contribution in [2.75, 3.05) is 13.1 Å². The van der Waals surface area contributed by atoms with Crippen molar-refractivity contribution in [3.63, 3.8) is 0 Å². The van der Waals surface area contributed by atoms with Crippen molar-refractivity contribution in [1.29, 1.82) is 0 Å². The minimum absolute atomic E-state index is 0.152. The third kappa shape index (κ3) is 2.25. The molecule has 1 aromatic carbocycles. The van der Waals surface area contributed by atoms with Crippen LogP contribution in [0.2, 0.25) is 0 Å². The molecule has 2 aliphatic heterocycles. The van der Waals surface area contributed by atoms with Crippen LogP contribution >= 0.6 is 0 Å². The van der Waals surface area contributed by atoms with Crippen LogP contribution in [0, 0.1) is 18.7 Å². The van der Waals surface area contributed by atoms with Crippen molar-refractivity contribution in [1.82, 2.24) is 19.7 Å². The molecule has 110 valence electrons. The van der Waals surface area contributed by atoms with E-state index in [1.54, 1.807) is 12.1 Å². The van der Waals surface area contributed by atoms with Crippen LogP contribution in [0.3, 0.4) is 0 Å². The molecule has 4 rings (SSSR count). The lowest BCUT2D eigenvalue weighted by molar-refractivity contribution is 0.312. The first-order valence-corrected chi connectivity index (χ1v) is 7.58. The molecule has 1 fully saturated rings. The number of rotatable bonds is 2. The Balaban J connectivity index is 1.54. The van der Waals surface area contributed by atoms with E-state index < -0.39 is 0 Å². The molecular formula is C16H19FN4. The smallest absolute Gasteiger partial charge is 0.133 e. The summed E-state index contributed by atoms with van der Waals surface area (Å²) in [7, 11) is 0. The topological polar surface area (TPSA) is 34.0 Å². The second-order valence-electron chi connectivity index (χ2n) is 6.22. The summed E-state index contributed by atoms with van der Waals surface area (Å²) in [5.41, 5.74) is 1.05. The highest BCUT2D eigenvalue weighted by molar-refractivity contribution is 5.17. The fourth-order valence-corrected chi connectivity index (χ4v) is 3.87. The van der Waals surface area contributed by atoms with Gasteiger partial charge in [0.25, 0.3) is 0 Å². The average Bonchev–Trinajstić information content (AvgIpc) is 3.02. The minimum atomic E-state index is -0.152. The molecule has 1 aromatic heterocycles. The number of fused-ring (bicyclic) bond motifs is 3. The second-order valence-corrected chi connectivity index (χ2v) is 6.22. The summed E-state index contributed by atoms with van der Waals surface area (Å²) in [6.45, 7) is 4.95. The maximum atomic E-state index is 13.3. The van der Waals surface area contributed by atoms with E-state index in [4.69, 9.17) is 0 Å². The predicted octanol–water partition coefficient (Wildman–Crippen LogP) is 2.34. The average molecular weight is 286 g/mol. The van der Waals surface area contributed by atoms with Crippen molar-refractivity contribution in [3.05, 3.63) is 47.3 Å². The fourth-order valence-electron chi connectivity index (χ4n) is 3.87. The summed E-state index contributed by atoms with van der Waals surface area (Å²) in [6.07, 6.45) is 2.21. The molecule has 0 radical (unpaired) electrons. The summed E-state index contributed by atoms with van der Waals surface area (Å²) < 4.78 is 15.6. The number of aryl methyl sites for hydroxylation is 2. The third-order valence-corrected chi connectivity index (χ3v) is 4.78. The van der Waals surface area contributed by atoms with Crippen molar-refractivity contribution in [2.24, 2.45) is 5.92 Å². The molecule has 0 spiro atoms. The number of aromatic nitrogens is 3. The minimum Gasteiger partial charge on any atom is -0.310 e. The molecule has 0 amide bonds. The second kappa shape index (κ2) is 4.91. The van der Waals surface area contributed by atoms with Crippen LogP contribution in [0.5, 0.6) is 0 Å². The number of benzene rings is 1. The largest absolute Gasteiger partial charge is 0.310 e. The number of hydrogen-bond donors (Lipinski definition) is 0. The van der Waals surface area contributed by atoms with E-state index in [-0.39, 0.29) is 5.82 Å². The fraction of sp³-hybridized carbons (Fsp3) is 0.500. The highest BCUT2D eigenvalue weighted by atomic mass is 19.1. The first kappa shape index (κ1) is 13.0. The molecule has 3 heterocycles. The van der Waals surface area contributed by atoms with Gasteiger partial charge in [0.15, 0.2) is 0 Å². The lowest BCUT2D eigenvalue weighted by atomic mass is 9.94. The van der Waals surface area contributed by atoms with Crippen LogP contribution in [0.4, 0.5) is 4.39 Å². The standard InChI is InChI=1S/C16H19FN4/c1-11-18-19-16-6-5-13-9-20(10-15(13)21(11)16)8-12-3-2-4-14(17)7-12/h2-4,7,13,15H,5-6,8-10H2,1H3/t13-,15+/m1/s1. The molecule has 0 bridgehead atoms. The van der Waals surface area contributed by atoms with E-state index in [0.29, 0.717) is 12.0 Å². The molecular weight excluding hydrogens is 267 g/mol. The maximum Gasteiger partial charge on any atom is 0.133 e. The van der Waals surface area contributed by atoms with Crippen molar-refractivity contribution in [2.45, 2.75) is 32.4 Å². The molecule has 5 heteroatoms. The Morgan fingerprint density at radius 1 is 1.29 bits per heavy atom. The van der Waals surface area contributed by atoms with Gasteiger partial charge in [-0.2, -0.15) is 0 Å². The van der Waals surface area contributed by atoms with E-state index in [2.05, 4.69) is 19.7 Å². The summed E-state index contributed by atoms with van der Waals surface area (Å²) in [5, 5.41) is 8.51. The van der Waals surface area contributed by atoms with Gasteiger partial charge in [-0.1, -0.05) is 12.1 Å². The van der Waals surface area contributed by atoms with Gasteiger partial charge in [-0.25, -0.2) is 4.39 Å². The highest BCUT2D eigenvalue weighted by Gasteiger charge is 2.38. The number of likely N-dealkylation sites (tertiary alicyclic amines) is 1. The van der Waals surface area contributed by atoms with Gasteiger partial charge in [-0.15, -0.1) is 10.2 Å². The monoisotopic (exact) mass is 286 g/mol. The first-order valence-electron chi connectivity index (χ1n) is 7.58.